The van der Waals surface area contributed by atoms with E-state index in [0.717, 1.165) is 47.5 Å². The van der Waals surface area contributed by atoms with Crippen molar-refractivity contribution >= 4 is 28.3 Å². The molecule has 2 aromatic heterocycles. The van der Waals surface area contributed by atoms with Crippen molar-refractivity contribution in [3.63, 3.8) is 0 Å². The molecule has 0 fully saturated rings. The van der Waals surface area contributed by atoms with Gasteiger partial charge >= 0.3 is 0 Å². The number of carbonyl (C=O) groups is 1. The summed E-state index contributed by atoms with van der Waals surface area (Å²) in [4.78, 5) is 19.9. The Morgan fingerprint density at radius 1 is 1.07 bits per heavy atom. The number of benzene rings is 2. The van der Waals surface area contributed by atoms with Crippen LogP contribution in [0.4, 0.5) is 0 Å². The Hall–Kier alpha value is -2.92. The summed E-state index contributed by atoms with van der Waals surface area (Å²) >= 11 is 1.55. The Kier molecular flexibility index (Phi) is 5.53. The fourth-order valence-electron chi connectivity index (χ4n) is 3.39. The van der Waals surface area contributed by atoms with Crippen molar-refractivity contribution in [3.8, 4) is 5.69 Å². The first-order valence-electron chi connectivity index (χ1n) is 9.61. The molecule has 0 bridgehead atoms. The summed E-state index contributed by atoms with van der Waals surface area (Å²) in [6, 6.07) is 20.2. The van der Waals surface area contributed by atoms with Crippen LogP contribution in [0.1, 0.15) is 35.9 Å². The van der Waals surface area contributed by atoms with Crippen LogP contribution in [0, 0.1) is 0 Å². The number of para-hydroxylation sites is 3. The van der Waals surface area contributed by atoms with Crippen LogP contribution in [0.2, 0.25) is 0 Å². The molecule has 0 spiro atoms. The lowest BCUT2D eigenvalue weighted by molar-refractivity contribution is 0.0736. The number of imidazole rings is 1. The molecular weight excluding hydrogens is 366 g/mol. The SMILES string of the molecule is CCCCN(Cc1nc2ccccc2n1-c1ccccc1)C(=O)c1ccsc1. The smallest absolute Gasteiger partial charge is 0.255 e. The van der Waals surface area contributed by atoms with Crippen LogP contribution >= 0.6 is 11.3 Å². The molecule has 142 valence electrons. The number of unbranched alkanes of at least 4 members (excludes halogenated alkanes) is 1. The standard InChI is InChI=1S/C23H23N3OS/c1-2-3-14-25(23(27)18-13-15-28-17-18)16-22-24-20-11-7-8-12-21(20)26(22)19-9-5-4-6-10-19/h4-13,15,17H,2-3,14,16H2,1H3. The fourth-order valence-corrected chi connectivity index (χ4v) is 4.02. The monoisotopic (exact) mass is 389 g/mol. The third-order valence-electron chi connectivity index (χ3n) is 4.81. The van der Waals surface area contributed by atoms with E-state index >= 15 is 0 Å². The van der Waals surface area contributed by atoms with Gasteiger partial charge < -0.3 is 4.90 Å². The molecule has 28 heavy (non-hydrogen) atoms. The van der Waals surface area contributed by atoms with E-state index < -0.39 is 0 Å². The molecule has 4 nitrogen and oxygen atoms in total. The quantitative estimate of drug-likeness (QED) is 0.417. The van der Waals surface area contributed by atoms with Gasteiger partial charge in [-0.3, -0.25) is 9.36 Å². The minimum absolute atomic E-state index is 0.0707. The predicted octanol–water partition coefficient (Wildman–Crippen LogP) is 5.53. The number of fused-ring (bicyclic) bond motifs is 1. The third-order valence-corrected chi connectivity index (χ3v) is 5.50. The highest BCUT2D eigenvalue weighted by atomic mass is 32.1. The topological polar surface area (TPSA) is 38.1 Å². The Labute approximate surface area is 169 Å². The molecule has 0 saturated heterocycles. The van der Waals surface area contributed by atoms with Gasteiger partial charge in [0.15, 0.2) is 0 Å². The Morgan fingerprint density at radius 3 is 2.61 bits per heavy atom. The maximum Gasteiger partial charge on any atom is 0.255 e. The molecule has 4 aromatic rings. The molecule has 0 aliphatic rings. The van der Waals surface area contributed by atoms with Crippen LogP contribution in [0.25, 0.3) is 16.7 Å². The van der Waals surface area contributed by atoms with Crippen molar-refractivity contribution < 1.29 is 4.79 Å². The lowest BCUT2D eigenvalue weighted by Crippen LogP contribution is -2.32. The minimum Gasteiger partial charge on any atom is -0.331 e. The van der Waals surface area contributed by atoms with Crippen LogP contribution in [0.5, 0.6) is 0 Å². The molecule has 4 rings (SSSR count). The second-order valence-corrected chi connectivity index (χ2v) is 7.56. The lowest BCUT2D eigenvalue weighted by atomic mass is 10.2. The van der Waals surface area contributed by atoms with E-state index in [2.05, 4.69) is 29.7 Å². The maximum absolute atomic E-state index is 13.1. The number of hydrogen-bond acceptors (Lipinski definition) is 3. The zero-order valence-corrected chi connectivity index (χ0v) is 16.7. The molecule has 5 heteroatoms. The van der Waals surface area contributed by atoms with Gasteiger partial charge in [0.05, 0.1) is 23.1 Å². The average Bonchev–Trinajstić information content (AvgIpc) is 3.39. The number of thiophene rings is 1. The van der Waals surface area contributed by atoms with Crippen molar-refractivity contribution in [1.82, 2.24) is 14.5 Å². The van der Waals surface area contributed by atoms with Crippen LogP contribution in [-0.4, -0.2) is 26.9 Å². The predicted molar refractivity (Wildman–Crippen MR) is 115 cm³/mol. The first kappa shape index (κ1) is 18.4. The summed E-state index contributed by atoms with van der Waals surface area (Å²) in [5.41, 5.74) is 3.81. The van der Waals surface area contributed by atoms with Gasteiger partial charge in [0.2, 0.25) is 0 Å². The van der Waals surface area contributed by atoms with E-state index in [4.69, 9.17) is 4.98 Å². The molecule has 0 aliphatic carbocycles. The molecule has 0 radical (unpaired) electrons. The van der Waals surface area contributed by atoms with E-state index in [1.165, 1.54) is 0 Å². The zero-order valence-electron chi connectivity index (χ0n) is 15.9. The second-order valence-electron chi connectivity index (χ2n) is 6.78. The summed E-state index contributed by atoms with van der Waals surface area (Å²) in [6.45, 7) is 3.36. The number of hydrogen-bond donors (Lipinski definition) is 0. The van der Waals surface area contributed by atoms with Crippen LogP contribution in [-0.2, 0) is 6.54 Å². The fraction of sp³-hybridized carbons (Fsp3) is 0.217. The highest BCUT2D eigenvalue weighted by molar-refractivity contribution is 7.08. The van der Waals surface area contributed by atoms with Gasteiger partial charge in [-0.2, -0.15) is 11.3 Å². The minimum atomic E-state index is 0.0707. The summed E-state index contributed by atoms with van der Waals surface area (Å²) < 4.78 is 2.16. The highest BCUT2D eigenvalue weighted by Gasteiger charge is 2.20. The second kappa shape index (κ2) is 8.40. The van der Waals surface area contributed by atoms with Crippen LogP contribution in [0.3, 0.4) is 0 Å². The van der Waals surface area contributed by atoms with Crippen molar-refractivity contribution in [2.45, 2.75) is 26.3 Å². The van der Waals surface area contributed by atoms with Gasteiger partial charge in [-0.15, -0.1) is 0 Å². The molecule has 0 aliphatic heterocycles. The third kappa shape index (κ3) is 3.71. The maximum atomic E-state index is 13.1. The van der Waals surface area contributed by atoms with E-state index in [-0.39, 0.29) is 5.91 Å². The van der Waals surface area contributed by atoms with Gasteiger partial charge in [0.1, 0.15) is 5.82 Å². The molecule has 0 saturated carbocycles. The first-order chi connectivity index (χ1) is 13.8. The Bertz CT molecular complexity index is 1050. The van der Waals surface area contributed by atoms with Gasteiger partial charge in [-0.1, -0.05) is 43.7 Å². The van der Waals surface area contributed by atoms with Crippen molar-refractivity contribution in [2.24, 2.45) is 0 Å². The van der Waals surface area contributed by atoms with Crippen LogP contribution < -0.4 is 0 Å². The molecule has 0 atom stereocenters. The van der Waals surface area contributed by atoms with E-state index in [0.29, 0.717) is 6.54 Å². The molecule has 2 aromatic carbocycles. The van der Waals surface area contributed by atoms with Crippen molar-refractivity contribution in [1.29, 1.82) is 0 Å². The molecule has 0 unspecified atom stereocenters. The van der Waals surface area contributed by atoms with E-state index in [1.54, 1.807) is 11.3 Å². The van der Waals surface area contributed by atoms with E-state index in [9.17, 15) is 4.79 Å². The van der Waals surface area contributed by atoms with E-state index in [1.807, 2.05) is 58.1 Å². The summed E-state index contributed by atoms with van der Waals surface area (Å²) in [5.74, 6) is 0.952. The summed E-state index contributed by atoms with van der Waals surface area (Å²) in [7, 11) is 0. The number of carbonyl (C=O) groups excluding carboxylic acids is 1. The number of rotatable bonds is 7. The van der Waals surface area contributed by atoms with Gasteiger partial charge in [0, 0.05) is 17.6 Å². The summed E-state index contributed by atoms with van der Waals surface area (Å²) in [6.07, 6.45) is 2.02. The van der Waals surface area contributed by atoms with Gasteiger partial charge in [-0.05, 0) is 42.1 Å². The number of nitrogens with zero attached hydrogens (tertiary/aromatic N) is 3. The lowest BCUT2D eigenvalue weighted by Gasteiger charge is -2.22. The first-order valence-corrected chi connectivity index (χ1v) is 10.6. The molecular formula is C23H23N3OS. The van der Waals surface area contributed by atoms with Crippen LogP contribution in [0.15, 0.2) is 71.4 Å². The average molecular weight is 390 g/mol. The van der Waals surface area contributed by atoms with Gasteiger partial charge in [-0.25, -0.2) is 4.98 Å². The number of amides is 1. The summed E-state index contributed by atoms with van der Waals surface area (Å²) in [5, 5.41) is 3.87. The van der Waals surface area contributed by atoms with Crippen molar-refractivity contribution in [2.75, 3.05) is 6.54 Å². The van der Waals surface area contributed by atoms with Gasteiger partial charge in [0.25, 0.3) is 5.91 Å². The highest BCUT2D eigenvalue weighted by Crippen LogP contribution is 2.23. The van der Waals surface area contributed by atoms with Crippen molar-refractivity contribution in [3.05, 3.63) is 82.8 Å². The molecule has 2 heterocycles. The largest absolute Gasteiger partial charge is 0.331 e. The molecule has 1 amide bonds. The normalized spacial score (nSPS) is 11.0. The zero-order chi connectivity index (χ0) is 19.3. The molecule has 0 N–H and O–H groups in total. The Morgan fingerprint density at radius 2 is 1.86 bits per heavy atom. The Balaban J connectivity index is 1.75. The number of aromatic nitrogens is 2.